The molecule has 0 fully saturated rings. The van der Waals surface area contributed by atoms with E-state index in [0.717, 1.165) is 0 Å². The van der Waals surface area contributed by atoms with Crippen LogP contribution in [0.15, 0.2) is 42.5 Å². The number of hydrogen-bond donors (Lipinski definition) is 1. The highest BCUT2D eigenvalue weighted by Crippen LogP contribution is 2.28. The summed E-state index contributed by atoms with van der Waals surface area (Å²) in [4.78, 5) is 23.7. The van der Waals surface area contributed by atoms with Gasteiger partial charge in [-0.25, -0.2) is 4.79 Å². The highest BCUT2D eigenvalue weighted by atomic mass is 35.5. The largest absolute Gasteiger partial charge is 0.477 e. The molecule has 8 heteroatoms. The number of ether oxygens (including phenoxy) is 2. The summed E-state index contributed by atoms with van der Waals surface area (Å²) in [7, 11) is 0. The van der Waals surface area contributed by atoms with Crippen LogP contribution in [0.5, 0.6) is 5.75 Å². The van der Waals surface area contributed by atoms with Crippen LogP contribution in [0.2, 0.25) is 15.1 Å². The highest BCUT2D eigenvalue weighted by molar-refractivity contribution is 6.35. The lowest BCUT2D eigenvalue weighted by molar-refractivity contribution is -0.153. The summed E-state index contributed by atoms with van der Waals surface area (Å²) in [6.07, 6.45) is -0.952. The van der Waals surface area contributed by atoms with Crippen molar-refractivity contribution in [2.45, 2.75) is 13.0 Å². The molecule has 2 rings (SSSR count). The Labute approximate surface area is 159 Å². The smallest absolute Gasteiger partial charge is 0.347 e. The van der Waals surface area contributed by atoms with Gasteiger partial charge in [0.05, 0.1) is 15.7 Å². The van der Waals surface area contributed by atoms with Gasteiger partial charge in [0.15, 0.2) is 12.7 Å². The predicted octanol–water partition coefficient (Wildman–Crippen LogP) is 4.60. The minimum absolute atomic E-state index is 0.267. The average molecular weight is 403 g/mol. The van der Waals surface area contributed by atoms with E-state index >= 15 is 0 Å². The van der Waals surface area contributed by atoms with Gasteiger partial charge in [0.25, 0.3) is 5.91 Å². The molecule has 0 heterocycles. The Kier molecular flexibility index (Phi) is 6.93. The summed E-state index contributed by atoms with van der Waals surface area (Å²) in [5, 5.41) is 3.65. The van der Waals surface area contributed by atoms with Crippen LogP contribution in [-0.2, 0) is 14.3 Å². The van der Waals surface area contributed by atoms with E-state index in [1.807, 2.05) is 0 Å². The van der Waals surface area contributed by atoms with Crippen LogP contribution in [0, 0.1) is 0 Å². The molecule has 0 bridgehead atoms. The Balaban J connectivity index is 1.84. The van der Waals surface area contributed by atoms with E-state index in [4.69, 9.17) is 44.3 Å². The van der Waals surface area contributed by atoms with Gasteiger partial charge in [-0.2, -0.15) is 0 Å². The lowest BCUT2D eigenvalue weighted by Gasteiger charge is -2.15. The normalized spacial score (nSPS) is 11.5. The first kappa shape index (κ1) is 19.4. The minimum Gasteiger partial charge on any atom is -0.477 e. The summed E-state index contributed by atoms with van der Waals surface area (Å²) < 4.78 is 10.3. The topological polar surface area (TPSA) is 64.6 Å². The van der Waals surface area contributed by atoms with Crippen molar-refractivity contribution in [3.05, 3.63) is 57.5 Å². The number of carbonyl (C=O) groups is 2. The monoisotopic (exact) mass is 401 g/mol. The molecule has 0 radical (unpaired) electrons. The van der Waals surface area contributed by atoms with Crippen molar-refractivity contribution in [2.24, 2.45) is 0 Å². The minimum atomic E-state index is -0.952. The number of anilines is 1. The number of rotatable bonds is 6. The van der Waals surface area contributed by atoms with Gasteiger partial charge in [-0.15, -0.1) is 0 Å². The molecule has 0 saturated heterocycles. The molecule has 5 nitrogen and oxygen atoms in total. The van der Waals surface area contributed by atoms with Crippen molar-refractivity contribution < 1.29 is 19.1 Å². The van der Waals surface area contributed by atoms with Crippen LogP contribution < -0.4 is 10.1 Å². The van der Waals surface area contributed by atoms with Crippen molar-refractivity contribution >= 4 is 52.4 Å². The maximum atomic E-state index is 11.9. The summed E-state index contributed by atoms with van der Waals surface area (Å²) in [5.74, 6) is -0.936. The average Bonchev–Trinajstić information content (AvgIpc) is 2.57. The second-order valence-electron chi connectivity index (χ2n) is 4.97. The molecular formula is C17H14Cl3NO4. The lowest BCUT2D eigenvalue weighted by Crippen LogP contribution is -2.29. The van der Waals surface area contributed by atoms with Crippen LogP contribution in [-0.4, -0.2) is 24.6 Å². The van der Waals surface area contributed by atoms with E-state index in [-0.39, 0.29) is 10.8 Å². The summed E-state index contributed by atoms with van der Waals surface area (Å²) in [6, 6.07) is 11.3. The number of benzene rings is 2. The zero-order valence-electron chi connectivity index (χ0n) is 13.1. The summed E-state index contributed by atoms with van der Waals surface area (Å²) >= 11 is 17.7. The molecule has 1 amide bonds. The van der Waals surface area contributed by atoms with E-state index in [0.29, 0.717) is 15.7 Å². The van der Waals surface area contributed by atoms with E-state index in [9.17, 15) is 9.59 Å². The quantitative estimate of drug-likeness (QED) is 0.717. The number of amides is 1. The molecule has 0 unspecified atom stereocenters. The third-order valence-electron chi connectivity index (χ3n) is 3.02. The zero-order chi connectivity index (χ0) is 18.4. The SMILES string of the molecule is C[C@H](Oc1ccc(Cl)cc1Cl)C(=O)OCC(=O)Nc1ccccc1Cl. The van der Waals surface area contributed by atoms with Crippen molar-refractivity contribution in [3.63, 3.8) is 0 Å². The summed E-state index contributed by atoms with van der Waals surface area (Å²) in [6.45, 7) is 1.02. The maximum Gasteiger partial charge on any atom is 0.347 e. The molecule has 1 N–H and O–H groups in total. The van der Waals surface area contributed by atoms with Crippen LogP contribution in [0.25, 0.3) is 0 Å². The number of hydrogen-bond acceptors (Lipinski definition) is 4. The molecule has 0 aromatic heterocycles. The fourth-order valence-corrected chi connectivity index (χ4v) is 2.45. The first-order valence-corrected chi connectivity index (χ1v) is 8.33. The molecule has 2 aromatic rings. The number of esters is 1. The molecule has 1 atom stereocenters. The van der Waals surface area contributed by atoms with Gasteiger partial charge < -0.3 is 14.8 Å². The van der Waals surface area contributed by atoms with Gasteiger partial charge in [-0.1, -0.05) is 46.9 Å². The fraction of sp³-hybridized carbons (Fsp3) is 0.176. The van der Waals surface area contributed by atoms with E-state index in [1.165, 1.54) is 13.0 Å². The second kappa shape index (κ2) is 8.94. The fourth-order valence-electron chi connectivity index (χ4n) is 1.81. The molecule has 0 aliphatic carbocycles. The molecule has 0 aliphatic rings. The van der Waals surface area contributed by atoms with Gasteiger partial charge in [-0.3, -0.25) is 4.79 Å². The molecule has 25 heavy (non-hydrogen) atoms. The van der Waals surface area contributed by atoms with Gasteiger partial charge in [0.2, 0.25) is 0 Å². The van der Waals surface area contributed by atoms with Crippen LogP contribution in [0.4, 0.5) is 5.69 Å². The van der Waals surface area contributed by atoms with E-state index in [2.05, 4.69) is 5.32 Å². The van der Waals surface area contributed by atoms with Crippen molar-refractivity contribution in [3.8, 4) is 5.75 Å². The Morgan fingerprint density at radius 3 is 2.48 bits per heavy atom. The second-order valence-corrected chi connectivity index (χ2v) is 6.22. The molecule has 132 valence electrons. The Morgan fingerprint density at radius 2 is 1.80 bits per heavy atom. The van der Waals surface area contributed by atoms with Crippen LogP contribution in [0.3, 0.4) is 0 Å². The number of carbonyl (C=O) groups excluding carboxylic acids is 2. The molecule has 2 aromatic carbocycles. The van der Waals surface area contributed by atoms with Crippen LogP contribution >= 0.6 is 34.8 Å². The third-order valence-corrected chi connectivity index (χ3v) is 3.88. The summed E-state index contributed by atoms with van der Waals surface area (Å²) in [5.41, 5.74) is 0.433. The van der Waals surface area contributed by atoms with Gasteiger partial charge >= 0.3 is 5.97 Å². The third kappa shape index (κ3) is 5.81. The standard InChI is InChI=1S/C17H14Cl3NO4/c1-10(25-15-7-6-11(18)8-13(15)20)17(23)24-9-16(22)21-14-5-3-2-4-12(14)19/h2-8,10H,9H2,1H3,(H,21,22)/t10-/m0/s1. The molecule has 0 aliphatic heterocycles. The van der Waals surface area contributed by atoms with Crippen molar-refractivity contribution in [1.82, 2.24) is 0 Å². The number of halogens is 3. The van der Waals surface area contributed by atoms with Gasteiger partial charge in [-0.05, 0) is 37.3 Å². The first-order chi connectivity index (χ1) is 11.9. The lowest BCUT2D eigenvalue weighted by atomic mass is 10.3. The Bertz CT molecular complexity index is 782. The maximum absolute atomic E-state index is 11.9. The van der Waals surface area contributed by atoms with E-state index < -0.39 is 24.6 Å². The molecule has 0 spiro atoms. The van der Waals surface area contributed by atoms with Crippen molar-refractivity contribution in [1.29, 1.82) is 0 Å². The Hall–Kier alpha value is -1.95. The Morgan fingerprint density at radius 1 is 1.08 bits per heavy atom. The van der Waals surface area contributed by atoms with E-state index in [1.54, 1.807) is 36.4 Å². The predicted molar refractivity (Wildman–Crippen MR) is 97.6 cm³/mol. The molecule has 0 saturated carbocycles. The van der Waals surface area contributed by atoms with Gasteiger partial charge in [0, 0.05) is 5.02 Å². The number of para-hydroxylation sites is 1. The first-order valence-electron chi connectivity index (χ1n) is 7.19. The molecular weight excluding hydrogens is 389 g/mol. The highest BCUT2D eigenvalue weighted by Gasteiger charge is 2.19. The van der Waals surface area contributed by atoms with Crippen LogP contribution in [0.1, 0.15) is 6.92 Å². The van der Waals surface area contributed by atoms with Crippen molar-refractivity contribution in [2.75, 3.05) is 11.9 Å². The number of nitrogens with one attached hydrogen (secondary N) is 1. The zero-order valence-corrected chi connectivity index (χ0v) is 15.4. The van der Waals surface area contributed by atoms with Gasteiger partial charge in [0.1, 0.15) is 5.75 Å².